The minimum atomic E-state index is -0.257. The molecule has 4 atom stereocenters. The maximum atomic E-state index is 12.1. The van der Waals surface area contributed by atoms with E-state index in [0.717, 1.165) is 6.42 Å². The first-order chi connectivity index (χ1) is 8.54. The molecule has 0 radical (unpaired) electrons. The Balaban J connectivity index is 2.05. The highest BCUT2D eigenvalue weighted by molar-refractivity contribution is 5.87. The Kier molecular flexibility index (Phi) is 3.93. The van der Waals surface area contributed by atoms with E-state index in [4.69, 9.17) is 4.74 Å². The lowest BCUT2D eigenvalue weighted by Gasteiger charge is -2.39. The standard InChI is InChI=1S/C14H23NO3/c1-9-5-4-6-12(10(9)2)15-8-11(7-13(15)16)14(17)18-3/h9-12H,4-8H2,1-3H3. The second-order valence-corrected chi connectivity index (χ2v) is 5.80. The summed E-state index contributed by atoms with van der Waals surface area (Å²) in [6, 6.07) is 0.316. The summed E-state index contributed by atoms with van der Waals surface area (Å²) < 4.78 is 4.75. The van der Waals surface area contributed by atoms with Crippen molar-refractivity contribution in [1.29, 1.82) is 0 Å². The van der Waals surface area contributed by atoms with Gasteiger partial charge in [0, 0.05) is 19.0 Å². The van der Waals surface area contributed by atoms with Crippen LogP contribution >= 0.6 is 0 Å². The molecule has 1 aliphatic carbocycles. The number of hydrogen-bond donors (Lipinski definition) is 0. The summed E-state index contributed by atoms with van der Waals surface area (Å²) in [5, 5.41) is 0. The van der Waals surface area contributed by atoms with Gasteiger partial charge in [-0.2, -0.15) is 0 Å². The van der Waals surface area contributed by atoms with E-state index in [1.807, 2.05) is 4.90 Å². The molecular weight excluding hydrogens is 230 g/mol. The number of carbonyl (C=O) groups is 2. The van der Waals surface area contributed by atoms with Crippen molar-refractivity contribution in [3.63, 3.8) is 0 Å². The smallest absolute Gasteiger partial charge is 0.310 e. The molecule has 18 heavy (non-hydrogen) atoms. The molecule has 2 aliphatic rings. The fourth-order valence-corrected chi connectivity index (χ4v) is 3.37. The highest BCUT2D eigenvalue weighted by atomic mass is 16.5. The van der Waals surface area contributed by atoms with Gasteiger partial charge >= 0.3 is 5.97 Å². The number of ether oxygens (including phenoxy) is 1. The molecule has 1 amide bonds. The third-order valence-corrected chi connectivity index (χ3v) is 4.76. The molecule has 0 aromatic rings. The molecule has 4 nitrogen and oxygen atoms in total. The lowest BCUT2D eigenvalue weighted by Crippen LogP contribution is -2.45. The third-order valence-electron chi connectivity index (χ3n) is 4.76. The summed E-state index contributed by atoms with van der Waals surface area (Å²) in [4.78, 5) is 25.5. The van der Waals surface area contributed by atoms with E-state index in [0.29, 0.717) is 30.8 Å². The van der Waals surface area contributed by atoms with Crippen molar-refractivity contribution in [3.05, 3.63) is 0 Å². The fraction of sp³-hybridized carbons (Fsp3) is 0.857. The zero-order valence-corrected chi connectivity index (χ0v) is 11.5. The molecule has 1 saturated heterocycles. The third kappa shape index (κ3) is 2.38. The highest BCUT2D eigenvalue weighted by Gasteiger charge is 2.41. The number of amides is 1. The van der Waals surface area contributed by atoms with E-state index in [1.165, 1.54) is 20.0 Å². The van der Waals surface area contributed by atoms with Crippen molar-refractivity contribution in [2.45, 2.75) is 45.6 Å². The zero-order chi connectivity index (χ0) is 13.3. The van der Waals surface area contributed by atoms with Crippen molar-refractivity contribution >= 4 is 11.9 Å². The van der Waals surface area contributed by atoms with Gasteiger partial charge in [0.2, 0.25) is 5.91 Å². The average molecular weight is 253 g/mol. The van der Waals surface area contributed by atoms with E-state index >= 15 is 0 Å². The van der Waals surface area contributed by atoms with Crippen LogP contribution in [0.5, 0.6) is 0 Å². The second-order valence-electron chi connectivity index (χ2n) is 5.80. The number of esters is 1. The Labute approximate surface area is 109 Å². The topological polar surface area (TPSA) is 46.6 Å². The van der Waals surface area contributed by atoms with Crippen LogP contribution in [0.15, 0.2) is 0 Å². The minimum Gasteiger partial charge on any atom is -0.469 e. The van der Waals surface area contributed by atoms with Crippen LogP contribution in [-0.4, -0.2) is 36.5 Å². The molecule has 2 rings (SSSR count). The second kappa shape index (κ2) is 5.29. The van der Waals surface area contributed by atoms with Crippen LogP contribution in [0.3, 0.4) is 0 Å². The van der Waals surface area contributed by atoms with Crippen molar-refractivity contribution < 1.29 is 14.3 Å². The number of carbonyl (C=O) groups excluding carboxylic acids is 2. The first kappa shape index (κ1) is 13.4. The molecular formula is C14H23NO3. The monoisotopic (exact) mass is 253 g/mol. The van der Waals surface area contributed by atoms with E-state index in [9.17, 15) is 9.59 Å². The zero-order valence-electron chi connectivity index (χ0n) is 11.5. The summed E-state index contributed by atoms with van der Waals surface area (Å²) >= 11 is 0. The van der Waals surface area contributed by atoms with Crippen LogP contribution < -0.4 is 0 Å². The van der Waals surface area contributed by atoms with Gasteiger partial charge in [-0.15, -0.1) is 0 Å². The molecule has 0 bridgehead atoms. The van der Waals surface area contributed by atoms with Crippen molar-refractivity contribution in [2.75, 3.05) is 13.7 Å². The van der Waals surface area contributed by atoms with Crippen molar-refractivity contribution in [2.24, 2.45) is 17.8 Å². The number of methoxy groups -OCH3 is 1. The Hall–Kier alpha value is -1.06. The van der Waals surface area contributed by atoms with Gasteiger partial charge < -0.3 is 9.64 Å². The van der Waals surface area contributed by atoms with Crippen LogP contribution in [-0.2, 0) is 14.3 Å². The number of likely N-dealkylation sites (tertiary alicyclic amines) is 1. The van der Waals surface area contributed by atoms with Crippen LogP contribution in [0.4, 0.5) is 0 Å². The molecule has 0 spiro atoms. The molecule has 102 valence electrons. The minimum absolute atomic E-state index is 0.122. The largest absolute Gasteiger partial charge is 0.469 e. The molecule has 1 aliphatic heterocycles. The van der Waals surface area contributed by atoms with E-state index < -0.39 is 0 Å². The Morgan fingerprint density at radius 2 is 2.06 bits per heavy atom. The van der Waals surface area contributed by atoms with Crippen molar-refractivity contribution in [1.82, 2.24) is 4.90 Å². The van der Waals surface area contributed by atoms with E-state index in [2.05, 4.69) is 13.8 Å². The van der Waals surface area contributed by atoms with Crippen molar-refractivity contribution in [3.8, 4) is 0 Å². The number of hydrogen-bond acceptors (Lipinski definition) is 3. The summed E-state index contributed by atoms with van der Waals surface area (Å²) in [6.07, 6.45) is 3.83. The van der Waals surface area contributed by atoms with E-state index in [1.54, 1.807) is 0 Å². The summed E-state index contributed by atoms with van der Waals surface area (Å²) in [6.45, 7) is 5.04. The normalized spacial score (nSPS) is 36.8. The summed E-state index contributed by atoms with van der Waals surface area (Å²) in [7, 11) is 1.39. The highest BCUT2D eigenvalue weighted by Crippen LogP contribution is 2.35. The van der Waals surface area contributed by atoms with Gasteiger partial charge in [0.1, 0.15) is 0 Å². The predicted molar refractivity (Wildman–Crippen MR) is 67.8 cm³/mol. The maximum Gasteiger partial charge on any atom is 0.310 e. The molecule has 2 fully saturated rings. The Bertz CT molecular complexity index is 342. The van der Waals surface area contributed by atoms with E-state index in [-0.39, 0.29) is 17.8 Å². The maximum absolute atomic E-state index is 12.1. The number of nitrogens with zero attached hydrogens (tertiary/aromatic N) is 1. The molecule has 1 heterocycles. The van der Waals surface area contributed by atoms with Gasteiger partial charge in [-0.25, -0.2) is 0 Å². The number of rotatable bonds is 2. The van der Waals surface area contributed by atoms with Gasteiger partial charge in [0.25, 0.3) is 0 Å². The Morgan fingerprint density at radius 3 is 2.72 bits per heavy atom. The SMILES string of the molecule is COC(=O)C1CC(=O)N(C2CCCC(C)C2C)C1. The lowest BCUT2D eigenvalue weighted by atomic mass is 9.77. The molecule has 4 unspecified atom stereocenters. The molecule has 1 saturated carbocycles. The van der Waals surface area contributed by atoms with Gasteiger partial charge in [-0.3, -0.25) is 9.59 Å². The van der Waals surface area contributed by atoms with Crippen LogP contribution in [0, 0.1) is 17.8 Å². The van der Waals surface area contributed by atoms with Gasteiger partial charge in [0.05, 0.1) is 13.0 Å². The quantitative estimate of drug-likeness (QED) is 0.705. The van der Waals surface area contributed by atoms with Gasteiger partial charge in [-0.1, -0.05) is 26.7 Å². The fourth-order valence-electron chi connectivity index (χ4n) is 3.37. The predicted octanol–water partition coefficient (Wildman–Crippen LogP) is 1.83. The lowest BCUT2D eigenvalue weighted by molar-refractivity contribution is -0.145. The average Bonchev–Trinajstić information content (AvgIpc) is 2.74. The van der Waals surface area contributed by atoms with Crippen LogP contribution in [0.2, 0.25) is 0 Å². The molecule has 0 N–H and O–H groups in total. The van der Waals surface area contributed by atoms with Gasteiger partial charge in [0.15, 0.2) is 0 Å². The molecule has 4 heteroatoms. The first-order valence-corrected chi connectivity index (χ1v) is 6.92. The van der Waals surface area contributed by atoms with Crippen LogP contribution in [0.25, 0.3) is 0 Å². The summed E-state index contributed by atoms with van der Waals surface area (Å²) in [5.74, 6) is 0.804. The van der Waals surface area contributed by atoms with Gasteiger partial charge in [-0.05, 0) is 18.3 Å². The summed E-state index contributed by atoms with van der Waals surface area (Å²) in [5.41, 5.74) is 0. The molecule has 0 aromatic heterocycles. The Morgan fingerprint density at radius 1 is 1.33 bits per heavy atom. The van der Waals surface area contributed by atoms with Crippen LogP contribution in [0.1, 0.15) is 39.5 Å². The molecule has 0 aromatic carbocycles. The first-order valence-electron chi connectivity index (χ1n) is 6.92.